The lowest BCUT2D eigenvalue weighted by atomic mass is 10.2. The van der Waals surface area contributed by atoms with Crippen LogP contribution >= 0.6 is 0 Å². The predicted molar refractivity (Wildman–Crippen MR) is 120 cm³/mol. The molecule has 9 heteroatoms. The monoisotopic (exact) mass is 454 g/mol. The highest BCUT2D eigenvalue weighted by molar-refractivity contribution is 5.43. The Morgan fingerprint density at radius 3 is 1.62 bits per heavy atom. The fraction of sp³-hybridized carbons (Fsp3) is 0.739. The highest BCUT2D eigenvalue weighted by Crippen LogP contribution is 2.32. The van der Waals surface area contributed by atoms with Gasteiger partial charge in [-0.15, -0.1) is 0 Å². The van der Waals surface area contributed by atoms with E-state index in [-0.39, 0.29) is 0 Å². The molecule has 1 aromatic carbocycles. The molecule has 0 radical (unpaired) electrons. The zero-order valence-electron chi connectivity index (χ0n) is 19.5. The molecule has 2 bridgehead atoms. The molecule has 182 valence electrons. The normalized spacial score (nSPS) is 24.7. The van der Waals surface area contributed by atoms with Gasteiger partial charge in [-0.3, -0.25) is 9.80 Å². The molecule has 0 spiro atoms. The summed E-state index contributed by atoms with van der Waals surface area (Å²) < 4.78 is 40.5. The highest BCUT2D eigenvalue weighted by atomic mass is 16.7. The minimum Gasteiger partial charge on any atom is -0.488 e. The molecule has 0 N–H and O–H groups in total. The largest absolute Gasteiger partial charge is 0.488 e. The molecule has 1 aromatic rings. The SMILES string of the molecule is COC(OC)c1ccc2c(c1)OCCN1CCOCCOCCN(CCOCC1)CCO2. The molecule has 2 atom stereocenters. The Balaban J connectivity index is 1.77. The molecule has 2 heterocycles. The molecule has 0 saturated carbocycles. The van der Waals surface area contributed by atoms with Crippen molar-refractivity contribution in [3.8, 4) is 11.5 Å². The minimum atomic E-state index is -0.452. The first kappa shape index (κ1) is 25.2. The number of fused-ring (bicyclic) bond motifs is 7. The van der Waals surface area contributed by atoms with E-state index in [2.05, 4.69) is 9.80 Å². The molecular weight excluding hydrogens is 416 g/mol. The third-order valence-corrected chi connectivity index (χ3v) is 5.58. The Hall–Kier alpha value is -1.46. The summed E-state index contributed by atoms with van der Waals surface area (Å²) >= 11 is 0. The van der Waals surface area contributed by atoms with Gasteiger partial charge >= 0.3 is 0 Å². The van der Waals surface area contributed by atoms with E-state index < -0.39 is 6.29 Å². The van der Waals surface area contributed by atoms with Gasteiger partial charge in [0.2, 0.25) is 0 Å². The fourth-order valence-electron chi connectivity index (χ4n) is 3.71. The summed E-state index contributed by atoms with van der Waals surface area (Å²) in [6.45, 7) is 9.84. The number of nitrogens with zero attached hydrogens (tertiary/aromatic N) is 2. The summed E-state index contributed by atoms with van der Waals surface area (Å²) in [4.78, 5) is 4.61. The molecule has 3 rings (SSSR count). The Kier molecular flexibility index (Phi) is 11.5. The minimum absolute atomic E-state index is 0.452. The highest BCUT2D eigenvalue weighted by Gasteiger charge is 2.16. The second kappa shape index (κ2) is 14.6. The van der Waals surface area contributed by atoms with Crippen LogP contribution in [0.15, 0.2) is 18.2 Å². The lowest BCUT2D eigenvalue weighted by molar-refractivity contribution is -0.106. The second-order valence-electron chi connectivity index (χ2n) is 7.73. The molecule has 2 aliphatic heterocycles. The topological polar surface area (TPSA) is 71.1 Å². The summed E-state index contributed by atoms with van der Waals surface area (Å²) in [5.74, 6) is 1.41. The molecule has 1 saturated heterocycles. The number of hydrogen-bond acceptors (Lipinski definition) is 9. The van der Waals surface area contributed by atoms with Crippen LogP contribution in [-0.4, -0.2) is 116 Å². The summed E-state index contributed by atoms with van der Waals surface area (Å²) in [6, 6.07) is 5.81. The average molecular weight is 455 g/mol. The number of hydrogen-bond donors (Lipinski definition) is 0. The number of rotatable bonds is 3. The lowest BCUT2D eigenvalue weighted by Crippen LogP contribution is -2.36. The molecular formula is C23H38N2O7. The van der Waals surface area contributed by atoms with Crippen molar-refractivity contribution in [2.75, 3.05) is 106 Å². The number of benzene rings is 1. The van der Waals surface area contributed by atoms with Crippen LogP contribution in [0.3, 0.4) is 0 Å². The molecule has 9 nitrogen and oxygen atoms in total. The summed E-state index contributed by atoms with van der Waals surface area (Å²) in [7, 11) is 3.24. The van der Waals surface area contributed by atoms with Gasteiger partial charge < -0.3 is 33.2 Å². The van der Waals surface area contributed by atoms with Crippen LogP contribution in [0.2, 0.25) is 0 Å². The van der Waals surface area contributed by atoms with Gasteiger partial charge in [-0.2, -0.15) is 0 Å². The van der Waals surface area contributed by atoms with Crippen LogP contribution in [-0.2, 0) is 23.7 Å². The lowest BCUT2D eigenvalue weighted by Gasteiger charge is -2.23. The Morgan fingerprint density at radius 1 is 0.625 bits per heavy atom. The third-order valence-electron chi connectivity index (χ3n) is 5.58. The number of ether oxygens (including phenoxy) is 7. The molecule has 0 amide bonds. The standard InChI is InChI=1S/C23H38N2O7/c1-26-23(27-2)20-3-4-21-22(19-20)32-16-10-25-6-12-28-11-5-24(9-15-31-21)7-13-29-17-18-30-14-8-25/h3-4,19,23H,5-18H2,1-2H3. The zero-order chi connectivity index (χ0) is 22.4. The van der Waals surface area contributed by atoms with Crippen molar-refractivity contribution in [3.63, 3.8) is 0 Å². The van der Waals surface area contributed by atoms with Gasteiger partial charge in [0.15, 0.2) is 17.8 Å². The Labute approximate surface area is 191 Å². The first-order chi connectivity index (χ1) is 15.8. The van der Waals surface area contributed by atoms with E-state index in [0.29, 0.717) is 58.6 Å². The zero-order valence-corrected chi connectivity index (χ0v) is 19.5. The van der Waals surface area contributed by atoms with Crippen LogP contribution in [0.4, 0.5) is 0 Å². The van der Waals surface area contributed by atoms with Gasteiger partial charge in [-0.05, 0) is 12.1 Å². The van der Waals surface area contributed by atoms with E-state index in [1.165, 1.54) is 0 Å². The summed E-state index contributed by atoms with van der Waals surface area (Å²) in [5.41, 5.74) is 0.884. The van der Waals surface area contributed by atoms with Gasteiger partial charge in [0, 0.05) is 59.1 Å². The van der Waals surface area contributed by atoms with E-state index in [9.17, 15) is 0 Å². The van der Waals surface area contributed by atoms with Crippen molar-refractivity contribution in [2.24, 2.45) is 0 Å². The van der Waals surface area contributed by atoms with Crippen LogP contribution in [0.25, 0.3) is 0 Å². The van der Waals surface area contributed by atoms with Gasteiger partial charge in [-0.1, -0.05) is 6.07 Å². The van der Waals surface area contributed by atoms with Crippen molar-refractivity contribution in [2.45, 2.75) is 6.29 Å². The maximum atomic E-state index is 6.17. The molecule has 0 aliphatic carbocycles. The van der Waals surface area contributed by atoms with Gasteiger partial charge in [0.25, 0.3) is 0 Å². The van der Waals surface area contributed by atoms with Crippen LogP contribution in [0.1, 0.15) is 11.9 Å². The van der Waals surface area contributed by atoms with Gasteiger partial charge in [0.1, 0.15) is 13.2 Å². The van der Waals surface area contributed by atoms with Crippen molar-refractivity contribution in [3.05, 3.63) is 23.8 Å². The molecule has 2 aliphatic rings. The average Bonchev–Trinajstić information content (AvgIpc) is 2.81. The Morgan fingerprint density at radius 2 is 1.09 bits per heavy atom. The predicted octanol–water partition coefficient (Wildman–Crippen LogP) is 1.42. The van der Waals surface area contributed by atoms with E-state index in [1.807, 2.05) is 18.2 Å². The van der Waals surface area contributed by atoms with E-state index >= 15 is 0 Å². The Bertz CT molecular complexity index is 645. The maximum absolute atomic E-state index is 6.17. The van der Waals surface area contributed by atoms with Crippen molar-refractivity contribution < 1.29 is 33.2 Å². The molecule has 0 aromatic heterocycles. The summed E-state index contributed by atoms with van der Waals surface area (Å²) in [5, 5.41) is 0. The van der Waals surface area contributed by atoms with Gasteiger partial charge in [0.05, 0.1) is 39.6 Å². The van der Waals surface area contributed by atoms with Crippen LogP contribution in [0.5, 0.6) is 11.5 Å². The summed E-state index contributed by atoms with van der Waals surface area (Å²) in [6.07, 6.45) is -0.452. The smallest absolute Gasteiger partial charge is 0.183 e. The fourth-order valence-corrected chi connectivity index (χ4v) is 3.71. The quantitative estimate of drug-likeness (QED) is 0.498. The van der Waals surface area contributed by atoms with Crippen molar-refractivity contribution >= 4 is 0 Å². The van der Waals surface area contributed by atoms with Crippen molar-refractivity contribution in [1.82, 2.24) is 9.80 Å². The first-order valence-corrected chi connectivity index (χ1v) is 11.4. The van der Waals surface area contributed by atoms with E-state index in [4.69, 9.17) is 33.2 Å². The maximum Gasteiger partial charge on any atom is 0.183 e. The van der Waals surface area contributed by atoms with Crippen LogP contribution in [0, 0.1) is 0 Å². The molecule has 32 heavy (non-hydrogen) atoms. The van der Waals surface area contributed by atoms with Crippen molar-refractivity contribution in [1.29, 1.82) is 0 Å². The second-order valence-corrected chi connectivity index (χ2v) is 7.73. The molecule has 1 fully saturated rings. The first-order valence-electron chi connectivity index (χ1n) is 11.4. The van der Waals surface area contributed by atoms with E-state index in [1.54, 1.807) is 14.2 Å². The van der Waals surface area contributed by atoms with Crippen LogP contribution < -0.4 is 9.47 Å². The molecule has 2 unspecified atom stereocenters. The number of methoxy groups -OCH3 is 2. The van der Waals surface area contributed by atoms with E-state index in [0.717, 1.165) is 50.6 Å². The van der Waals surface area contributed by atoms with Gasteiger partial charge in [-0.25, -0.2) is 0 Å². The third kappa shape index (κ3) is 8.47.